The monoisotopic (exact) mass is 315 g/mol. The predicted molar refractivity (Wildman–Crippen MR) is 81.7 cm³/mol. The van der Waals surface area contributed by atoms with E-state index < -0.39 is 0 Å². The molecule has 0 aliphatic heterocycles. The molecular formula is C15H19Cl2NO2. The number of aliphatic hydroxyl groups excluding tert-OH is 1. The first-order valence-electron chi connectivity index (χ1n) is 6.95. The summed E-state index contributed by atoms with van der Waals surface area (Å²) in [6.07, 6.45) is 3.95. The second kappa shape index (κ2) is 7.41. The van der Waals surface area contributed by atoms with Gasteiger partial charge in [0.25, 0.3) is 0 Å². The van der Waals surface area contributed by atoms with Crippen molar-refractivity contribution in [2.75, 3.05) is 19.7 Å². The smallest absolute Gasteiger partial charge is 0.165 e. The Balaban J connectivity index is 1.94. The molecule has 0 amide bonds. The van der Waals surface area contributed by atoms with Crippen molar-refractivity contribution in [1.82, 2.24) is 4.90 Å². The van der Waals surface area contributed by atoms with E-state index in [4.69, 9.17) is 28.3 Å². The lowest BCUT2D eigenvalue weighted by atomic mass is 9.91. The lowest BCUT2D eigenvalue weighted by Crippen LogP contribution is -2.42. The third-order valence-electron chi connectivity index (χ3n) is 3.86. The maximum Gasteiger partial charge on any atom is 0.165 e. The van der Waals surface area contributed by atoms with Crippen LogP contribution in [0.1, 0.15) is 36.0 Å². The molecule has 1 aliphatic rings. The Morgan fingerprint density at radius 1 is 1.30 bits per heavy atom. The Kier molecular flexibility index (Phi) is 5.85. The first-order valence-corrected chi connectivity index (χ1v) is 7.71. The zero-order valence-corrected chi connectivity index (χ0v) is 12.8. The third-order valence-corrected chi connectivity index (χ3v) is 4.68. The van der Waals surface area contributed by atoms with Crippen LogP contribution in [0.2, 0.25) is 10.0 Å². The molecule has 1 aromatic carbocycles. The Bertz CT molecular complexity index is 475. The average Bonchev–Trinajstić information content (AvgIpc) is 2.37. The molecule has 2 rings (SSSR count). The highest BCUT2D eigenvalue weighted by atomic mass is 35.5. The fourth-order valence-electron chi connectivity index (χ4n) is 2.46. The number of ketones is 1. The van der Waals surface area contributed by atoms with Gasteiger partial charge >= 0.3 is 0 Å². The molecule has 0 radical (unpaired) electrons. The minimum Gasteiger partial charge on any atom is -0.395 e. The van der Waals surface area contributed by atoms with E-state index in [-0.39, 0.29) is 12.4 Å². The molecule has 1 fully saturated rings. The van der Waals surface area contributed by atoms with Crippen molar-refractivity contribution in [3.05, 3.63) is 33.8 Å². The molecule has 5 heteroatoms. The quantitative estimate of drug-likeness (QED) is 0.784. The van der Waals surface area contributed by atoms with Crippen LogP contribution in [0.15, 0.2) is 18.2 Å². The van der Waals surface area contributed by atoms with Gasteiger partial charge in [-0.15, -0.1) is 0 Å². The van der Waals surface area contributed by atoms with Crippen LogP contribution in [0.25, 0.3) is 0 Å². The Morgan fingerprint density at radius 2 is 2.05 bits per heavy atom. The molecule has 0 atom stereocenters. The Labute approximate surface area is 129 Å². The summed E-state index contributed by atoms with van der Waals surface area (Å²) in [5, 5.41) is 9.84. The van der Waals surface area contributed by atoms with Crippen molar-refractivity contribution in [3.63, 3.8) is 0 Å². The topological polar surface area (TPSA) is 40.5 Å². The van der Waals surface area contributed by atoms with Gasteiger partial charge < -0.3 is 5.11 Å². The van der Waals surface area contributed by atoms with Crippen molar-refractivity contribution in [2.45, 2.75) is 31.7 Å². The maximum atomic E-state index is 12.2. The summed E-state index contributed by atoms with van der Waals surface area (Å²) in [7, 11) is 0. The van der Waals surface area contributed by atoms with Gasteiger partial charge in [-0.3, -0.25) is 9.69 Å². The number of hydrogen-bond donors (Lipinski definition) is 1. The Morgan fingerprint density at radius 3 is 2.65 bits per heavy atom. The molecule has 3 nitrogen and oxygen atoms in total. The van der Waals surface area contributed by atoms with Crippen molar-refractivity contribution in [1.29, 1.82) is 0 Å². The molecule has 20 heavy (non-hydrogen) atoms. The predicted octanol–water partition coefficient (Wildman–Crippen LogP) is 3.41. The van der Waals surface area contributed by atoms with Crippen molar-refractivity contribution < 1.29 is 9.90 Å². The lowest BCUT2D eigenvalue weighted by molar-refractivity contribution is 0.0841. The van der Waals surface area contributed by atoms with Gasteiger partial charge in [0.05, 0.1) is 16.7 Å². The van der Waals surface area contributed by atoms with Gasteiger partial charge in [0.2, 0.25) is 0 Å². The number of rotatable bonds is 7. The molecule has 0 heterocycles. The largest absolute Gasteiger partial charge is 0.395 e. The van der Waals surface area contributed by atoms with Crippen molar-refractivity contribution in [2.24, 2.45) is 0 Å². The lowest BCUT2D eigenvalue weighted by Gasteiger charge is -2.37. The van der Waals surface area contributed by atoms with Gasteiger partial charge in [-0.1, -0.05) is 35.7 Å². The molecule has 0 spiro atoms. The Hall–Kier alpha value is -0.610. The average molecular weight is 316 g/mol. The third kappa shape index (κ3) is 3.73. The van der Waals surface area contributed by atoms with Crippen LogP contribution in [-0.4, -0.2) is 41.5 Å². The van der Waals surface area contributed by atoms with E-state index in [0.29, 0.717) is 41.2 Å². The summed E-state index contributed by atoms with van der Waals surface area (Å²) < 4.78 is 0. The molecule has 0 saturated heterocycles. The van der Waals surface area contributed by atoms with Gasteiger partial charge in [0.1, 0.15) is 0 Å². The van der Waals surface area contributed by atoms with E-state index >= 15 is 0 Å². The first-order chi connectivity index (χ1) is 9.63. The van der Waals surface area contributed by atoms with Crippen LogP contribution < -0.4 is 0 Å². The van der Waals surface area contributed by atoms with Crippen LogP contribution in [-0.2, 0) is 0 Å². The number of hydrogen-bond acceptors (Lipinski definition) is 3. The molecular weight excluding hydrogens is 297 g/mol. The van der Waals surface area contributed by atoms with E-state index in [1.165, 1.54) is 6.42 Å². The first kappa shape index (κ1) is 15.8. The summed E-state index contributed by atoms with van der Waals surface area (Å²) in [6, 6.07) is 5.63. The van der Waals surface area contributed by atoms with E-state index in [9.17, 15) is 4.79 Å². The highest BCUT2D eigenvalue weighted by Gasteiger charge is 2.25. The summed E-state index contributed by atoms with van der Waals surface area (Å²) in [4.78, 5) is 14.4. The van der Waals surface area contributed by atoms with Crippen LogP contribution in [0.5, 0.6) is 0 Å². The highest BCUT2D eigenvalue weighted by Crippen LogP contribution is 2.27. The molecule has 110 valence electrons. The number of benzene rings is 1. The number of Topliss-reactive ketones (excluding diaryl/α,β-unsaturated/α-hetero) is 1. The summed E-state index contributed by atoms with van der Waals surface area (Å²) in [5.41, 5.74) is 0.483. The highest BCUT2D eigenvalue weighted by molar-refractivity contribution is 6.43. The van der Waals surface area contributed by atoms with Gasteiger partial charge in [0, 0.05) is 31.1 Å². The number of carbonyl (C=O) groups is 1. The number of nitrogens with zero attached hydrogens (tertiary/aromatic N) is 1. The summed E-state index contributed by atoms with van der Waals surface area (Å²) in [6.45, 7) is 1.41. The SMILES string of the molecule is O=C(CCN(CCO)C1CCC1)c1cccc(Cl)c1Cl. The second-order valence-electron chi connectivity index (χ2n) is 5.12. The van der Waals surface area contributed by atoms with Crippen molar-refractivity contribution in [3.8, 4) is 0 Å². The molecule has 0 bridgehead atoms. The summed E-state index contributed by atoms with van der Waals surface area (Å²) in [5.74, 6) is -0.000219. The van der Waals surface area contributed by atoms with E-state index in [1.54, 1.807) is 18.2 Å². The molecule has 1 aromatic rings. The minimum atomic E-state index is -0.000219. The van der Waals surface area contributed by atoms with Crippen LogP contribution >= 0.6 is 23.2 Å². The van der Waals surface area contributed by atoms with Crippen LogP contribution in [0, 0.1) is 0 Å². The zero-order chi connectivity index (χ0) is 14.5. The zero-order valence-electron chi connectivity index (χ0n) is 11.3. The molecule has 1 aliphatic carbocycles. The molecule has 1 saturated carbocycles. The van der Waals surface area contributed by atoms with E-state index in [0.717, 1.165) is 12.8 Å². The number of aliphatic hydroxyl groups is 1. The standard InChI is InChI=1S/C15H19Cl2NO2/c16-13-6-2-5-12(15(13)17)14(20)7-8-18(9-10-19)11-3-1-4-11/h2,5-6,11,19H,1,3-4,7-10H2. The van der Waals surface area contributed by atoms with Gasteiger partial charge in [0.15, 0.2) is 5.78 Å². The fraction of sp³-hybridized carbons (Fsp3) is 0.533. The minimum absolute atomic E-state index is 0.000219. The fourth-order valence-corrected chi connectivity index (χ4v) is 2.86. The van der Waals surface area contributed by atoms with Gasteiger partial charge in [-0.2, -0.15) is 0 Å². The van der Waals surface area contributed by atoms with Gasteiger partial charge in [-0.25, -0.2) is 0 Å². The molecule has 0 aromatic heterocycles. The number of carbonyl (C=O) groups excluding carboxylic acids is 1. The molecule has 0 unspecified atom stereocenters. The van der Waals surface area contributed by atoms with Crippen molar-refractivity contribution >= 4 is 29.0 Å². The second-order valence-corrected chi connectivity index (χ2v) is 5.90. The van der Waals surface area contributed by atoms with Crippen LogP contribution in [0.3, 0.4) is 0 Å². The van der Waals surface area contributed by atoms with Crippen LogP contribution in [0.4, 0.5) is 0 Å². The summed E-state index contributed by atoms with van der Waals surface area (Å²) >= 11 is 12.0. The van der Waals surface area contributed by atoms with E-state index in [1.807, 2.05) is 0 Å². The maximum absolute atomic E-state index is 12.2. The molecule has 1 N–H and O–H groups in total. The van der Waals surface area contributed by atoms with E-state index in [2.05, 4.69) is 4.90 Å². The van der Waals surface area contributed by atoms with Gasteiger partial charge in [-0.05, 0) is 25.0 Å². The normalized spacial score (nSPS) is 15.4. The number of halogens is 2.